The van der Waals surface area contributed by atoms with E-state index in [1.54, 1.807) is 18.0 Å². The van der Waals surface area contributed by atoms with Gasteiger partial charge in [-0.15, -0.1) is 0 Å². The number of carbonyl (C=O) groups excluding carboxylic acids is 1. The molecular formula is C20H32FN5O2. The summed E-state index contributed by atoms with van der Waals surface area (Å²) >= 11 is 0. The van der Waals surface area contributed by atoms with Gasteiger partial charge in [0.25, 0.3) is 0 Å². The van der Waals surface area contributed by atoms with Crippen LogP contribution in [0.4, 0.5) is 14.9 Å². The molecule has 1 saturated heterocycles. The fourth-order valence-electron chi connectivity index (χ4n) is 3.39. The van der Waals surface area contributed by atoms with Gasteiger partial charge in [0.1, 0.15) is 5.82 Å². The highest BCUT2D eigenvalue weighted by molar-refractivity contribution is 5.80. The minimum absolute atomic E-state index is 0.207. The van der Waals surface area contributed by atoms with Gasteiger partial charge in [0.05, 0.1) is 12.8 Å². The third-order valence-corrected chi connectivity index (χ3v) is 5.07. The van der Waals surface area contributed by atoms with Crippen molar-refractivity contribution in [2.75, 3.05) is 45.2 Å². The Hall–Kier alpha value is -2.51. The first-order valence-electron chi connectivity index (χ1n) is 9.85. The molecule has 0 aromatic heterocycles. The van der Waals surface area contributed by atoms with Gasteiger partial charge in [0.2, 0.25) is 0 Å². The summed E-state index contributed by atoms with van der Waals surface area (Å²) in [5.41, 5.74) is 1.49. The summed E-state index contributed by atoms with van der Waals surface area (Å²) in [6.07, 6.45) is 1.36. The molecule has 0 radical (unpaired) electrons. The van der Waals surface area contributed by atoms with E-state index in [2.05, 4.69) is 15.6 Å². The lowest BCUT2D eigenvalue weighted by Crippen LogP contribution is -2.49. The second-order valence-corrected chi connectivity index (χ2v) is 6.76. The highest BCUT2D eigenvalue weighted by Gasteiger charge is 2.23. The first kappa shape index (κ1) is 21.8. The second-order valence-electron chi connectivity index (χ2n) is 6.76. The number of halogens is 1. The molecule has 2 N–H and O–H groups in total. The average Bonchev–Trinajstić information content (AvgIpc) is 2.73. The topological polar surface area (TPSA) is 69.2 Å². The number of nitrogens with one attached hydrogen (secondary N) is 2. The van der Waals surface area contributed by atoms with Crippen LogP contribution in [0.1, 0.15) is 32.3 Å². The number of likely N-dealkylation sites (tertiary alicyclic amines) is 1. The van der Waals surface area contributed by atoms with Gasteiger partial charge in [-0.1, -0.05) is 6.07 Å². The minimum atomic E-state index is -0.281. The van der Waals surface area contributed by atoms with Crippen molar-refractivity contribution in [1.82, 2.24) is 15.5 Å². The molecule has 0 unspecified atom stereocenters. The van der Waals surface area contributed by atoms with Crippen molar-refractivity contribution in [1.29, 1.82) is 0 Å². The summed E-state index contributed by atoms with van der Waals surface area (Å²) in [4.78, 5) is 19.5. The van der Waals surface area contributed by atoms with Crippen LogP contribution in [0.25, 0.3) is 0 Å². The van der Waals surface area contributed by atoms with E-state index in [0.29, 0.717) is 31.3 Å². The normalized spacial score (nSPS) is 15.3. The molecule has 0 bridgehead atoms. The number of aliphatic imine (C=N–C) groups is 1. The minimum Gasteiger partial charge on any atom is -0.453 e. The number of hydrogen-bond acceptors (Lipinski definition) is 4. The third-order valence-electron chi connectivity index (χ3n) is 5.07. The summed E-state index contributed by atoms with van der Waals surface area (Å²) in [5, 5.41) is 6.61. The Balaban J connectivity index is 1.86. The number of hydrogen-bond donors (Lipinski definition) is 2. The quantitative estimate of drug-likeness (QED) is 0.574. The maximum atomic E-state index is 14.4. The van der Waals surface area contributed by atoms with E-state index in [0.717, 1.165) is 31.5 Å². The first-order chi connectivity index (χ1) is 13.5. The Kier molecular flexibility index (Phi) is 8.35. The van der Waals surface area contributed by atoms with Crippen LogP contribution in [0, 0.1) is 5.82 Å². The number of amides is 1. The zero-order valence-electron chi connectivity index (χ0n) is 17.3. The van der Waals surface area contributed by atoms with Gasteiger partial charge in [0, 0.05) is 45.8 Å². The van der Waals surface area contributed by atoms with Gasteiger partial charge in [-0.25, -0.2) is 9.18 Å². The maximum absolute atomic E-state index is 14.4. The van der Waals surface area contributed by atoms with Gasteiger partial charge in [-0.05, 0) is 44.4 Å². The van der Waals surface area contributed by atoms with Gasteiger partial charge >= 0.3 is 6.09 Å². The number of piperidine rings is 1. The number of guanidine groups is 1. The highest BCUT2D eigenvalue weighted by Crippen LogP contribution is 2.20. The molecule has 1 aromatic carbocycles. The molecule has 1 fully saturated rings. The molecule has 28 heavy (non-hydrogen) atoms. The van der Waals surface area contributed by atoms with Crippen molar-refractivity contribution in [3.8, 4) is 0 Å². The number of anilines is 1. The Morgan fingerprint density at radius 1 is 1.32 bits per heavy atom. The Bertz CT molecular complexity index is 671. The highest BCUT2D eigenvalue weighted by atomic mass is 19.1. The molecular weight excluding hydrogens is 361 g/mol. The molecule has 0 atom stereocenters. The summed E-state index contributed by atoms with van der Waals surface area (Å²) in [6, 6.07) is 5.57. The second kappa shape index (κ2) is 10.7. The van der Waals surface area contributed by atoms with Crippen molar-refractivity contribution in [2.45, 2.75) is 39.3 Å². The Labute approximate surface area is 166 Å². The third kappa shape index (κ3) is 5.74. The van der Waals surface area contributed by atoms with E-state index in [4.69, 9.17) is 4.74 Å². The van der Waals surface area contributed by atoms with Crippen molar-refractivity contribution >= 4 is 17.7 Å². The lowest BCUT2D eigenvalue weighted by atomic mass is 10.1. The summed E-state index contributed by atoms with van der Waals surface area (Å²) in [6.45, 7) is 7.37. The fraction of sp³-hybridized carbons (Fsp3) is 0.600. The van der Waals surface area contributed by atoms with Crippen LogP contribution in [0.15, 0.2) is 23.2 Å². The monoisotopic (exact) mass is 393 g/mol. The zero-order chi connectivity index (χ0) is 20.5. The number of benzene rings is 1. The number of nitrogens with zero attached hydrogens (tertiary/aromatic N) is 3. The molecule has 0 saturated carbocycles. The molecule has 2 rings (SSSR count). The first-order valence-corrected chi connectivity index (χ1v) is 9.85. The molecule has 1 amide bonds. The van der Waals surface area contributed by atoms with Crippen molar-refractivity contribution in [3.05, 3.63) is 29.6 Å². The molecule has 1 heterocycles. The van der Waals surface area contributed by atoms with Crippen LogP contribution in [-0.2, 0) is 11.3 Å². The van der Waals surface area contributed by atoms with Crippen molar-refractivity contribution in [2.24, 2.45) is 4.99 Å². The Morgan fingerprint density at radius 2 is 2.00 bits per heavy atom. The SMILES string of the molecule is CCN(CC)c1ccc(CNC(=NC)NC2CCN(C(=O)OC)CC2)cc1F. The number of carbonyl (C=O) groups is 1. The van der Waals surface area contributed by atoms with Gasteiger partial charge in [-0.3, -0.25) is 4.99 Å². The van der Waals surface area contributed by atoms with E-state index in [-0.39, 0.29) is 18.0 Å². The fourth-order valence-corrected chi connectivity index (χ4v) is 3.39. The largest absolute Gasteiger partial charge is 0.453 e. The predicted molar refractivity (Wildman–Crippen MR) is 110 cm³/mol. The van der Waals surface area contributed by atoms with Crippen LogP contribution >= 0.6 is 0 Å². The van der Waals surface area contributed by atoms with Crippen molar-refractivity contribution < 1.29 is 13.9 Å². The van der Waals surface area contributed by atoms with E-state index >= 15 is 0 Å². The maximum Gasteiger partial charge on any atom is 0.409 e. The lowest BCUT2D eigenvalue weighted by Gasteiger charge is -2.32. The van der Waals surface area contributed by atoms with E-state index in [9.17, 15) is 9.18 Å². The molecule has 156 valence electrons. The van der Waals surface area contributed by atoms with E-state index in [1.807, 2.05) is 30.9 Å². The van der Waals surface area contributed by atoms with Crippen LogP contribution in [0.5, 0.6) is 0 Å². The molecule has 7 nitrogen and oxygen atoms in total. The predicted octanol–water partition coefficient (Wildman–Crippen LogP) is 2.57. The van der Waals surface area contributed by atoms with Crippen LogP contribution < -0.4 is 15.5 Å². The average molecular weight is 394 g/mol. The summed E-state index contributed by atoms with van der Waals surface area (Å²) < 4.78 is 19.2. The van der Waals surface area contributed by atoms with Crippen LogP contribution in [0.3, 0.4) is 0 Å². The van der Waals surface area contributed by atoms with Crippen LogP contribution in [-0.4, -0.2) is 63.3 Å². The van der Waals surface area contributed by atoms with Gasteiger partial charge in [-0.2, -0.15) is 0 Å². The van der Waals surface area contributed by atoms with E-state index in [1.165, 1.54) is 7.11 Å². The molecule has 0 aliphatic carbocycles. The number of rotatable bonds is 6. The summed E-state index contributed by atoms with van der Waals surface area (Å²) in [5.74, 6) is 0.464. The van der Waals surface area contributed by atoms with Crippen molar-refractivity contribution in [3.63, 3.8) is 0 Å². The smallest absolute Gasteiger partial charge is 0.409 e. The number of ether oxygens (including phenoxy) is 1. The van der Waals surface area contributed by atoms with Gasteiger partial charge in [0.15, 0.2) is 5.96 Å². The lowest BCUT2D eigenvalue weighted by molar-refractivity contribution is 0.111. The standard InChI is InChI=1S/C20H32FN5O2/c1-5-25(6-2)18-8-7-15(13-17(18)21)14-23-19(22-3)24-16-9-11-26(12-10-16)20(27)28-4/h7-8,13,16H,5-6,9-12,14H2,1-4H3,(H2,22,23,24). The van der Waals surface area contributed by atoms with E-state index < -0.39 is 0 Å². The molecule has 8 heteroatoms. The molecule has 1 aliphatic rings. The molecule has 1 aliphatic heterocycles. The Morgan fingerprint density at radius 3 is 2.54 bits per heavy atom. The summed E-state index contributed by atoms with van der Waals surface area (Å²) in [7, 11) is 3.11. The molecule has 1 aromatic rings. The van der Waals surface area contributed by atoms with Crippen LogP contribution in [0.2, 0.25) is 0 Å². The number of methoxy groups -OCH3 is 1. The van der Waals surface area contributed by atoms with Gasteiger partial charge < -0.3 is 25.2 Å². The molecule has 0 spiro atoms. The zero-order valence-corrected chi connectivity index (χ0v) is 17.3.